The maximum absolute atomic E-state index is 11.8. The summed E-state index contributed by atoms with van der Waals surface area (Å²) in [6.45, 7) is 4.31. The van der Waals surface area contributed by atoms with Gasteiger partial charge < -0.3 is 15.4 Å². The molecule has 1 aliphatic heterocycles. The first-order valence-corrected chi connectivity index (χ1v) is 5.99. The van der Waals surface area contributed by atoms with Crippen molar-refractivity contribution in [1.82, 2.24) is 0 Å². The Morgan fingerprint density at radius 3 is 2.65 bits per heavy atom. The highest BCUT2D eigenvalue weighted by Gasteiger charge is 2.26. The number of para-hydroxylation sites is 2. The van der Waals surface area contributed by atoms with Gasteiger partial charge in [-0.15, -0.1) is 0 Å². The summed E-state index contributed by atoms with van der Waals surface area (Å²) < 4.78 is 5.07. The monoisotopic (exact) mass is 234 g/mol. The van der Waals surface area contributed by atoms with Crippen molar-refractivity contribution in [1.29, 1.82) is 0 Å². The molecule has 1 aromatic rings. The Morgan fingerprint density at radius 2 is 2.00 bits per heavy atom. The maximum Gasteiger partial charge on any atom is 0.328 e. The van der Waals surface area contributed by atoms with Crippen molar-refractivity contribution in [2.24, 2.45) is 0 Å². The number of anilines is 2. The lowest BCUT2D eigenvalue weighted by Gasteiger charge is -2.17. The van der Waals surface area contributed by atoms with Gasteiger partial charge in [-0.05, 0) is 32.4 Å². The number of hydrogen-bond donors (Lipinski definition) is 2. The molecule has 0 aliphatic carbocycles. The second-order valence-electron chi connectivity index (χ2n) is 4.28. The van der Waals surface area contributed by atoms with Crippen LogP contribution in [0.3, 0.4) is 0 Å². The molecule has 0 spiro atoms. The molecule has 2 N–H and O–H groups in total. The van der Waals surface area contributed by atoms with Crippen LogP contribution in [0, 0.1) is 0 Å². The largest absolute Gasteiger partial charge is 0.464 e. The molecule has 4 heteroatoms. The summed E-state index contributed by atoms with van der Waals surface area (Å²) in [5.41, 5.74) is 1.99. The lowest BCUT2D eigenvalue weighted by Crippen LogP contribution is -2.33. The number of rotatable bonds is 2. The molecule has 17 heavy (non-hydrogen) atoms. The van der Waals surface area contributed by atoms with Gasteiger partial charge in [-0.25, -0.2) is 4.79 Å². The van der Waals surface area contributed by atoms with Crippen LogP contribution in [-0.4, -0.2) is 24.7 Å². The first-order valence-electron chi connectivity index (χ1n) is 5.99. The van der Waals surface area contributed by atoms with Crippen molar-refractivity contribution in [2.75, 3.05) is 17.2 Å². The number of esters is 1. The standard InChI is InChI=1S/C13H18N2O2/c1-3-17-13(16)12-8-9(2)14-10-6-4-5-7-11(10)15-12/h4-7,9,12,14-15H,3,8H2,1-2H3. The molecule has 0 bridgehead atoms. The second-order valence-corrected chi connectivity index (χ2v) is 4.28. The van der Waals surface area contributed by atoms with Crippen LogP contribution in [0.25, 0.3) is 0 Å². The lowest BCUT2D eigenvalue weighted by atomic mass is 10.1. The van der Waals surface area contributed by atoms with Crippen LogP contribution in [0.4, 0.5) is 11.4 Å². The molecular formula is C13H18N2O2. The zero-order valence-electron chi connectivity index (χ0n) is 10.2. The third kappa shape index (κ3) is 2.70. The molecule has 0 radical (unpaired) electrons. The van der Waals surface area contributed by atoms with Crippen molar-refractivity contribution in [3.8, 4) is 0 Å². The molecule has 0 aromatic heterocycles. The average molecular weight is 234 g/mol. The molecule has 0 saturated carbocycles. The first-order chi connectivity index (χ1) is 8.20. The Hall–Kier alpha value is -1.71. The molecule has 1 heterocycles. The summed E-state index contributed by atoms with van der Waals surface area (Å²) in [5, 5.41) is 6.62. The van der Waals surface area contributed by atoms with E-state index < -0.39 is 0 Å². The van der Waals surface area contributed by atoms with Gasteiger partial charge in [-0.3, -0.25) is 0 Å². The Labute approximate surface area is 101 Å². The van der Waals surface area contributed by atoms with E-state index in [1.165, 1.54) is 0 Å². The number of fused-ring (bicyclic) bond motifs is 1. The quantitative estimate of drug-likeness (QED) is 0.770. The van der Waals surface area contributed by atoms with Gasteiger partial charge in [0.2, 0.25) is 0 Å². The molecule has 4 nitrogen and oxygen atoms in total. The number of benzene rings is 1. The first kappa shape index (κ1) is 11.8. The summed E-state index contributed by atoms with van der Waals surface area (Å²) in [6.07, 6.45) is 0.716. The van der Waals surface area contributed by atoms with Crippen LogP contribution < -0.4 is 10.6 Å². The molecule has 2 rings (SSSR count). The fourth-order valence-electron chi connectivity index (χ4n) is 2.06. The molecule has 0 saturated heterocycles. The van der Waals surface area contributed by atoms with Crippen LogP contribution in [0.2, 0.25) is 0 Å². The van der Waals surface area contributed by atoms with Crippen molar-refractivity contribution in [3.63, 3.8) is 0 Å². The Bertz CT molecular complexity index is 406. The molecular weight excluding hydrogens is 216 g/mol. The zero-order valence-corrected chi connectivity index (χ0v) is 10.2. The Morgan fingerprint density at radius 1 is 1.35 bits per heavy atom. The number of ether oxygens (including phenoxy) is 1. The van der Waals surface area contributed by atoms with Crippen LogP contribution >= 0.6 is 0 Å². The SMILES string of the molecule is CCOC(=O)C1CC(C)Nc2ccccc2N1. The van der Waals surface area contributed by atoms with E-state index in [2.05, 4.69) is 17.6 Å². The fraction of sp³-hybridized carbons (Fsp3) is 0.462. The van der Waals surface area contributed by atoms with Gasteiger partial charge in [0.15, 0.2) is 0 Å². The summed E-state index contributed by atoms with van der Waals surface area (Å²) in [5.74, 6) is -0.183. The predicted octanol–water partition coefficient (Wildman–Crippen LogP) is 2.23. The number of carbonyl (C=O) groups excluding carboxylic acids is 1. The second kappa shape index (κ2) is 5.08. The Kier molecular flexibility index (Phi) is 3.52. The van der Waals surface area contributed by atoms with Gasteiger partial charge in [-0.1, -0.05) is 12.1 Å². The highest BCUT2D eigenvalue weighted by Crippen LogP contribution is 2.27. The summed E-state index contributed by atoms with van der Waals surface area (Å²) in [6, 6.07) is 7.86. The number of nitrogens with one attached hydrogen (secondary N) is 2. The molecule has 0 fully saturated rings. The van der Waals surface area contributed by atoms with E-state index in [1.54, 1.807) is 0 Å². The van der Waals surface area contributed by atoms with Crippen LogP contribution in [-0.2, 0) is 9.53 Å². The van der Waals surface area contributed by atoms with Gasteiger partial charge in [-0.2, -0.15) is 0 Å². The van der Waals surface area contributed by atoms with E-state index >= 15 is 0 Å². The van der Waals surface area contributed by atoms with Crippen molar-refractivity contribution in [2.45, 2.75) is 32.4 Å². The molecule has 2 atom stereocenters. The van der Waals surface area contributed by atoms with E-state index in [9.17, 15) is 4.79 Å². The smallest absolute Gasteiger partial charge is 0.328 e. The van der Waals surface area contributed by atoms with Crippen LogP contribution in [0.15, 0.2) is 24.3 Å². The number of carbonyl (C=O) groups is 1. The number of hydrogen-bond acceptors (Lipinski definition) is 4. The minimum atomic E-state index is -0.277. The topological polar surface area (TPSA) is 50.4 Å². The highest BCUT2D eigenvalue weighted by atomic mass is 16.5. The van der Waals surface area contributed by atoms with Crippen molar-refractivity contribution >= 4 is 17.3 Å². The predicted molar refractivity (Wildman–Crippen MR) is 68.2 cm³/mol. The normalized spacial score (nSPS) is 22.7. The van der Waals surface area contributed by atoms with E-state index in [-0.39, 0.29) is 18.1 Å². The third-order valence-corrected chi connectivity index (χ3v) is 2.82. The van der Waals surface area contributed by atoms with Gasteiger partial charge >= 0.3 is 5.97 Å². The molecule has 2 unspecified atom stereocenters. The van der Waals surface area contributed by atoms with Gasteiger partial charge in [0.25, 0.3) is 0 Å². The average Bonchev–Trinajstić information content (AvgIpc) is 2.47. The molecule has 1 aliphatic rings. The third-order valence-electron chi connectivity index (χ3n) is 2.82. The minimum absolute atomic E-state index is 0.183. The molecule has 92 valence electrons. The van der Waals surface area contributed by atoms with E-state index in [4.69, 9.17) is 4.74 Å². The van der Waals surface area contributed by atoms with E-state index in [1.807, 2.05) is 31.2 Å². The summed E-state index contributed by atoms with van der Waals surface area (Å²) in [7, 11) is 0. The summed E-state index contributed by atoms with van der Waals surface area (Å²) in [4.78, 5) is 11.8. The van der Waals surface area contributed by atoms with Crippen molar-refractivity contribution in [3.05, 3.63) is 24.3 Å². The zero-order chi connectivity index (χ0) is 12.3. The van der Waals surface area contributed by atoms with Gasteiger partial charge in [0, 0.05) is 6.04 Å². The van der Waals surface area contributed by atoms with Gasteiger partial charge in [0.05, 0.1) is 18.0 Å². The van der Waals surface area contributed by atoms with E-state index in [0.29, 0.717) is 13.0 Å². The van der Waals surface area contributed by atoms with Crippen molar-refractivity contribution < 1.29 is 9.53 Å². The van der Waals surface area contributed by atoms with Crippen LogP contribution in [0.1, 0.15) is 20.3 Å². The van der Waals surface area contributed by atoms with Gasteiger partial charge in [0.1, 0.15) is 6.04 Å². The molecule has 1 aromatic carbocycles. The van der Waals surface area contributed by atoms with E-state index in [0.717, 1.165) is 11.4 Å². The highest BCUT2D eigenvalue weighted by molar-refractivity contribution is 5.83. The van der Waals surface area contributed by atoms with Crippen LogP contribution in [0.5, 0.6) is 0 Å². The Balaban J connectivity index is 2.20. The minimum Gasteiger partial charge on any atom is -0.464 e. The fourth-order valence-corrected chi connectivity index (χ4v) is 2.06. The summed E-state index contributed by atoms with van der Waals surface area (Å²) >= 11 is 0. The molecule has 0 amide bonds. The maximum atomic E-state index is 11.8. The lowest BCUT2D eigenvalue weighted by molar-refractivity contribution is -0.144.